The average molecular weight is 316 g/mol. The van der Waals surface area contributed by atoms with Crippen LogP contribution in [0.3, 0.4) is 0 Å². The predicted molar refractivity (Wildman–Crippen MR) is 75.2 cm³/mol. The van der Waals surface area contributed by atoms with Crippen LogP contribution in [0.2, 0.25) is 0 Å². The minimum absolute atomic E-state index is 0.0500. The van der Waals surface area contributed by atoms with Gasteiger partial charge in [-0.15, -0.1) is 0 Å². The zero-order valence-electron chi connectivity index (χ0n) is 11.7. The fourth-order valence-electron chi connectivity index (χ4n) is 1.88. The van der Waals surface area contributed by atoms with Crippen LogP contribution in [0.25, 0.3) is 11.4 Å². The molecule has 0 bridgehead atoms. The summed E-state index contributed by atoms with van der Waals surface area (Å²) in [6.07, 6.45) is 0. The molecular weight excluding hydrogens is 306 g/mol. The summed E-state index contributed by atoms with van der Waals surface area (Å²) in [5.74, 6) is -1.44. The molecule has 23 heavy (non-hydrogen) atoms. The molecule has 0 saturated carbocycles. The molecule has 1 heterocycles. The van der Waals surface area contributed by atoms with Crippen LogP contribution in [0.5, 0.6) is 0 Å². The molecule has 0 N–H and O–H groups in total. The second-order valence-corrected chi connectivity index (χ2v) is 4.61. The summed E-state index contributed by atoms with van der Waals surface area (Å²) in [5.41, 5.74) is 0.520. The number of rotatable bonds is 4. The van der Waals surface area contributed by atoms with Crippen molar-refractivity contribution in [2.75, 3.05) is 0 Å². The Hall–Kier alpha value is -3.09. The van der Waals surface area contributed by atoms with E-state index in [4.69, 9.17) is 9.26 Å². The Morgan fingerprint density at radius 2 is 1.83 bits per heavy atom. The van der Waals surface area contributed by atoms with E-state index in [2.05, 4.69) is 10.1 Å². The van der Waals surface area contributed by atoms with Gasteiger partial charge in [0.2, 0.25) is 5.82 Å². The third-order valence-corrected chi connectivity index (χ3v) is 2.94. The SMILES string of the molecule is O=C(OCc1nc(-c2cccc(F)c2)no1)c1cccc(F)c1. The third-order valence-electron chi connectivity index (χ3n) is 2.94. The van der Waals surface area contributed by atoms with Gasteiger partial charge in [0.05, 0.1) is 5.56 Å². The molecule has 0 fully saturated rings. The van der Waals surface area contributed by atoms with Crippen LogP contribution in [0, 0.1) is 11.6 Å². The van der Waals surface area contributed by atoms with E-state index in [0.29, 0.717) is 5.56 Å². The van der Waals surface area contributed by atoms with Crippen molar-refractivity contribution in [3.8, 4) is 11.4 Å². The molecule has 0 spiro atoms. The molecule has 0 aliphatic rings. The highest BCUT2D eigenvalue weighted by atomic mass is 19.1. The number of halogens is 2. The zero-order chi connectivity index (χ0) is 16.2. The molecule has 1 aromatic heterocycles. The van der Waals surface area contributed by atoms with Gasteiger partial charge in [-0.1, -0.05) is 23.4 Å². The van der Waals surface area contributed by atoms with Crippen LogP contribution in [-0.4, -0.2) is 16.1 Å². The van der Waals surface area contributed by atoms with Gasteiger partial charge in [-0.05, 0) is 30.3 Å². The molecule has 0 aliphatic carbocycles. The van der Waals surface area contributed by atoms with Crippen molar-refractivity contribution in [3.63, 3.8) is 0 Å². The van der Waals surface area contributed by atoms with Crippen molar-refractivity contribution < 1.29 is 22.8 Å². The quantitative estimate of drug-likeness (QED) is 0.690. The predicted octanol–water partition coefficient (Wildman–Crippen LogP) is 3.37. The van der Waals surface area contributed by atoms with E-state index in [0.717, 1.165) is 6.07 Å². The van der Waals surface area contributed by atoms with E-state index in [9.17, 15) is 13.6 Å². The first-order chi connectivity index (χ1) is 11.1. The first-order valence-electron chi connectivity index (χ1n) is 6.63. The molecule has 7 heteroatoms. The zero-order valence-corrected chi connectivity index (χ0v) is 11.7. The molecule has 0 unspecified atom stereocenters. The molecule has 3 aromatic rings. The van der Waals surface area contributed by atoms with Crippen molar-refractivity contribution in [3.05, 3.63) is 71.6 Å². The Morgan fingerprint density at radius 3 is 2.57 bits per heavy atom. The number of aromatic nitrogens is 2. The summed E-state index contributed by atoms with van der Waals surface area (Å²) < 4.78 is 36.1. The molecule has 0 aliphatic heterocycles. The maximum absolute atomic E-state index is 13.1. The molecule has 0 atom stereocenters. The maximum atomic E-state index is 13.1. The number of benzene rings is 2. The van der Waals surface area contributed by atoms with Gasteiger partial charge in [-0.3, -0.25) is 0 Å². The average Bonchev–Trinajstić information content (AvgIpc) is 3.01. The van der Waals surface area contributed by atoms with Gasteiger partial charge >= 0.3 is 5.97 Å². The molecule has 0 saturated heterocycles. The highest BCUT2D eigenvalue weighted by Gasteiger charge is 2.13. The minimum Gasteiger partial charge on any atom is -0.452 e. The topological polar surface area (TPSA) is 65.2 Å². The van der Waals surface area contributed by atoms with Crippen molar-refractivity contribution in [1.82, 2.24) is 10.1 Å². The third kappa shape index (κ3) is 3.57. The highest BCUT2D eigenvalue weighted by Crippen LogP contribution is 2.17. The van der Waals surface area contributed by atoms with E-state index >= 15 is 0 Å². The number of hydrogen-bond donors (Lipinski definition) is 0. The summed E-state index contributed by atoms with van der Waals surface area (Å²) in [5, 5.41) is 3.69. The molecule has 0 amide bonds. The van der Waals surface area contributed by atoms with Crippen molar-refractivity contribution in [2.45, 2.75) is 6.61 Å². The maximum Gasteiger partial charge on any atom is 0.338 e. The van der Waals surface area contributed by atoms with Gasteiger partial charge in [0.15, 0.2) is 6.61 Å². The Balaban J connectivity index is 1.67. The van der Waals surface area contributed by atoms with Crippen LogP contribution < -0.4 is 0 Å². The number of hydrogen-bond acceptors (Lipinski definition) is 5. The second-order valence-electron chi connectivity index (χ2n) is 4.61. The molecule has 5 nitrogen and oxygen atoms in total. The van der Waals surface area contributed by atoms with Crippen molar-refractivity contribution in [1.29, 1.82) is 0 Å². The Morgan fingerprint density at radius 1 is 1.09 bits per heavy atom. The molecule has 116 valence electrons. The Labute approximate surface area is 129 Å². The van der Waals surface area contributed by atoms with Crippen molar-refractivity contribution >= 4 is 5.97 Å². The van der Waals surface area contributed by atoms with Crippen LogP contribution in [0.15, 0.2) is 53.1 Å². The fourth-order valence-corrected chi connectivity index (χ4v) is 1.88. The first-order valence-corrected chi connectivity index (χ1v) is 6.63. The van der Waals surface area contributed by atoms with Crippen molar-refractivity contribution in [2.24, 2.45) is 0 Å². The molecule has 0 radical (unpaired) electrons. The number of carbonyl (C=O) groups is 1. The monoisotopic (exact) mass is 316 g/mol. The lowest BCUT2D eigenvalue weighted by Crippen LogP contribution is -2.05. The lowest BCUT2D eigenvalue weighted by atomic mass is 10.2. The van der Waals surface area contributed by atoms with E-state index < -0.39 is 17.6 Å². The van der Waals surface area contributed by atoms with Crippen LogP contribution in [-0.2, 0) is 11.3 Å². The Kier molecular flexibility index (Phi) is 4.09. The van der Waals surface area contributed by atoms with Gasteiger partial charge in [0, 0.05) is 5.56 Å². The van der Waals surface area contributed by atoms with E-state index in [1.807, 2.05) is 0 Å². The molecular formula is C16H10F2N2O3. The van der Waals surface area contributed by atoms with Gasteiger partial charge in [-0.2, -0.15) is 4.98 Å². The van der Waals surface area contributed by atoms with Crippen LogP contribution >= 0.6 is 0 Å². The molecule has 2 aromatic carbocycles. The van der Waals surface area contributed by atoms with E-state index in [1.54, 1.807) is 6.07 Å². The van der Waals surface area contributed by atoms with Gasteiger partial charge in [0.25, 0.3) is 5.89 Å². The highest BCUT2D eigenvalue weighted by molar-refractivity contribution is 5.89. The lowest BCUT2D eigenvalue weighted by molar-refractivity contribution is 0.0429. The molecule has 3 rings (SSSR count). The fraction of sp³-hybridized carbons (Fsp3) is 0.0625. The number of ether oxygens (including phenoxy) is 1. The van der Waals surface area contributed by atoms with Crippen LogP contribution in [0.4, 0.5) is 8.78 Å². The van der Waals surface area contributed by atoms with Gasteiger partial charge in [0.1, 0.15) is 11.6 Å². The standard InChI is InChI=1S/C16H10F2N2O3/c17-12-5-1-3-10(7-12)15-19-14(23-20-15)9-22-16(21)11-4-2-6-13(18)8-11/h1-8H,9H2. The number of esters is 1. The first kappa shape index (κ1) is 14.8. The summed E-state index contributed by atoms with van der Waals surface area (Å²) in [6, 6.07) is 10.8. The summed E-state index contributed by atoms with van der Waals surface area (Å²) >= 11 is 0. The summed E-state index contributed by atoms with van der Waals surface area (Å²) in [7, 11) is 0. The van der Waals surface area contributed by atoms with E-state index in [1.165, 1.54) is 36.4 Å². The van der Waals surface area contributed by atoms with Gasteiger partial charge < -0.3 is 9.26 Å². The number of carbonyl (C=O) groups excluding carboxylic acids is 1. The largest absolute Gasteiger partial charge is 0.452 e. The lowest BCUT2D eigenvalue weighted by Gasteiger charge is -2.01. The van der Waals surface area contributed by atoms with Crippen LogP contribution in [0.1, 0.15) is 16.2 Å². The summed E-state index contributed by atoms with van der Waals surface area (Å²) in [4.78, 5) is 15.8. The summed E-state index contributed by atoms with van der Waals surface area (Å²) in [6.45, 7) is -0.266. The second kappa shape index (κ2) is 6.35. The van der Waals surface area contributed by atoms with E-state index in [-0.39, 0.29) is 23.9 Å². The Bertz CT molecular complexity index is 849. The minimum atomic E-state index is -0.713. The normalized spacial score (nSPS) is 10.5. The van der Waals surface area contributed by atoms with Gasteiger partial charge in [-0.25, -0.2) is 13.6 Å². The smallest absolute Gasteiger partial charge is 0.338 e. The number of nitrogens with zero attached hydrogens (tertiary/aromatic N) is 2.